The maximum absolute atomic E-state index is 13.8. The van der Waals surface area contributed by atoms with Crippen LogP contribution >= 0.6 is 0 Å². The second kappa shape index (κ2) is 15.8. The van der Waals surface area contributed by atoms with E-state index in [0.717, 1.165) is 0 Å². The van der Waals surface area contributed by atoms with Gasteiger partial charge in [-0.2, -0.15) is 26.3 Å². The Morgan fingerprint density at radius 3 is 2.04 bits per heavy atom. The number of nitrogens with zero attached hydrogens (tertiary/aromatic N) is 2. The Bertz CT molecular complexity index is 1380. The molecule has 266 valence electrons. The molecule has 2 aliphatic rings. The second-order valence-electron chi connectivity index (χ2n) is 12.7. The zero-order valence-electron chi connectivity index (χ0n) is 27.5. The molecule has 0 aromatic heterocycles. The first-order chi connectivity index (χ1) is 22.6. The minimum Gasteiger partial charge on any atom is -0.493 e. The largest absolute Gasteiger partial charge is 0.493 e. The molecule has 0 radical (unpaired) electrons. The van der Waals surface area contributed by atoms with E-state index in [1.54, 1.807) is 35.1 Å². The summed E-state index contributed by atoms with van der Waals surface area (Å²) in [5.74, 6) is 0.0454. The number of rotatable bonds is 15. The maximum atomic E-state index is 13.8. The molecule has 2 aromatic carbocycles. The Morgan fingerprint density at radius 2 is 1.50 bits per heavy atom. The van der Waals surface area contributed by atoms with Crippen LogP contribution in [0.2, 0.25) is 0 Å². The van der Waals surface area contributed by atoms with Crippen LogP contribution in [0.4, 0.5) is 26.3 Å². The zero-order valence-corrected chi connectivity index (χ0v) is 27.5. The highest BCUT2D eigenvalue weighted by atomic mass is 19.4. The molecule has 1 aliphatic heterocycles. The molecule has 14 heteroatoms. The van der Waals surface area contributed by atoms with E-state index >= 15 is 0 Å². The topological polar surface area (TPSA) is 80.3 Å². The molecule has 1 aliphatic carbocycles. The number of carbonyl (C=O) groups is 2. The second-order valence-corrected chi connectivity index (χ2v) is 12.7. The Labute approximate surface area is 276 Å². The fraction of sp³-hybridized carbons (Fsp3) is 0.588. The van der Waals surface area contributed by atoms with Crippen molar-refractivity contribution in [2.24, 2.45) is 11.8 Å². The third-order valence-electron chi connectivity index (χ3n) is 8.70. The number of nitrogens with one attached hydrogen (secondary N) is 1. The van der Waals surface area contributed by atoms with Crippen molar-refractivity contribution in [3.05, 3.63) is 58.7 Å². The lowest BCUT2D eigenvalue weighted by molar-refractivity contribution is -0.143. The van der Waals surface area contributed by atoms with Crippen molar-refractivity contribution in [2.45, 2.75) is 64.0 Å². The predicted molar refractivity (Wildman–Crippen MR) is 166 cm³/mol. The van der Waals surface area contributed by atoms with Crippen LogP contribution in [0.1, 0.15) is 60.2 Å². The average Bonchev–Trinajstić information content (AvgIpc) is 3.77. The molecule has 0 spiro atoms. The lowest BCUT2D eigenvalue weighted by Gasteiger charge is -2.34. The summed E-state index contributed by atoms with van der Waals surface area (Å²) >= 11 is 0. The van der Waals surface area contributed by atoms with Gasteiger partial charge in [-0.25, -0.2) is 0 Å². The zero-order chi connectivity index (χ0) is 35.2. The van der Waals surface area contributed by atoms with E-state index in [9.17, 15) is 35.9 Å². The predicted octanol–water partition coefficient (Wildman–Crippen LogP) is 6.07. The van der Waals surface area contributed by atoms with Crippen LogP contribution < -0.4 is 14.8 Å². The van der Waals surface area contributed by atoms with Crippen molar-refractivity contribution < 1.29 is 50.1 Å². The van der Waals surface area contributed by atoms with Crippen LogP contribution in [-0.2, 0) is 28.3 Å². The first kappa shape index (κ1) is 37.3. The van der Waals surface area contributed by atoms with Crippen molar-refractivity contribution in [1.82, 2.24) is 15.1 Å². The van der Waals surface area contributed by atoms with E-state index < -0.39 is 35.8 Å². The molecule has 1 saturated heterocycles. The lowest BCUT2D eigenvalue weighted by atomic mass is 9.93. The molecular formula is C34H43F6N3O5. The first-order valence-electron chi connectivity index (χ1n) is 16.0. The standard InChI is InChI=1S/C34H43F6N3O5/c1-21(2)42(32(45)23-6-9-29(47-4)30(15-23)48-11-5-10-46-3)19-24-17-41-18-25(24)20-43(28-7-8-28)31(44)14-22-12-26(33(35,36)37)16-27(13-22)34(38,39)40/h6,9,12-13,15-16,21,24-25,28,41H,5,7-8,10-11,14,17-20H2,1-4H3/t24-,25-/m0/s1. The maximum Gasteiger partial charge on any atom is 0.416 e. The monoisotopic (exact) mass is 687 g/mol. The molecule has 2 atom stereocenters. The molecule has 0 unspecified atom stereocenters. The van der Waals surface area contributed by atoms with E-state index in [-0.39, 0.29) is 48.0 Å². The van der Waals surface area contributed by atoms with Gasteiger partial charge in [0.25, 0.3) is 5.91 Å². The van der Waals surface area contributed by atoms with Crippen LogP contribution in [0.15, 0.2) is 36.4 Å². The van der Waals surface area contributed by atoms with Gasteiger partial charge in [0, 0.05) is 64.0 Å². The van der Waals surface area contributed by atoms with Crippen LogP contribution in [0.5, 0.6) is 11.5 Å². The van der Waals surface area contributed by atoms with Gasteiger partial charge in [0.1, 0.15) is 0 Å². The molecule has 8 nitrogen and oxygen atoms in total. The quantitative estimate of drug-likeness (QED) is 0.181. The Balaban J connectivity index is 1.48. The van der Waals surface area contributed by atoms with Crippen LogP contribution in [-0.4, -0.2) is 87.3 Å². The Morgan fingerprint density at radius 1 is 0.875 bits per heavy atom. The SMILES string of the molecule is COCCCOc1cc(C(=O)N(C[C@@H]2CNC[C@H]2CN(C(=O)Cc2cc(C(F)(F)F)cc(C(F)(F)F)c2)C2CC2)C(C)C)ccc1OC. The van der Waals surface area contributed by atoms with Crippen LogP contribution in [0, 0.1) is 11.8 Å². The van der Waals surface area contributed by atoms with Gasteiger partial charge in [-0.1, -0.05) is 0 Å². The fourth-order valence-electron chi connectivity index (χ4n) is 5.96. The van der Waals surface area contributed by atoms with Crippen LogP contribution in [0.25, 0.3) is 0 Å². The minimum absolute atomic E-state index is 0.0567. The highest BCUT2D eigenvalue weighted by Gasteiger charge is 2.40. The molecule has 2 aromatic rings. The number of ether oxygens (including phenoxy) is 3. The number of halogens is 6. The number of carbonyl (C=O) groups excluding carboxylic acids is 2. The van der Waals surface area contributed by atoms with E-state index in [2.05, 4.69) is 5.32 Å². The summed E-state index contributed by atoms with van der Waals surface area (Å²) in [5.41, 5.74) is -2.81. The van der Waals surface area contributed by atoms with Crippen molar-refractivity contribution in [1.29, 1.82) is 0 Å². The van der Waals surface area contributed by atoms with E-state index in [1.807, 2.05) is 13.8 Å². The third-order valence-corrected chi connectivity index (χ3v) is 8.70. The van der Waals surface area contributed by atoms with Gasteiger partial charge >= 0.3 is 12.4 Å². The highest BCUT2D eigenvalue weighted by Crippen LogP contribution is 2.37. The van der Waals surface area contributed by atoms with Crippen molar-refractivity contribution >= 4 is 11.8 Å². The average molecular weight is 688 g/mol. The fourth-order valence-corrected chi connectivity index (χ4v) is 5.96. The highest BCUT2D eigenvalue weighted by molar-refractivity contribution is 5.95. The molecule has 0 bridgehead atoms. The summed E-state index contributed by atoms with van der Waals surface area (Å²) in [6, 6.07) is 5.99. The molecule has 2 amide bonds. The summed E-state index contributed by atoms with van der Waals surface area (Å²) < 4.78 is 96.9. The third kappa shape index (κ3) is 9.77. The molecule has 48 heavy (non-hydrogen) atoms. The van der Waals surface area contributed by atoms with E-state index in [1.165, 1.54) is 7.11 Å². The number of amides is 2. The Hall–Kier alpha value is -3.52. The van der Waals surface area contributed by atoms with Gasteiger partial charge in [0.2, 0.25) is 5.91 Å². The van der Waals surface area contributed by atoms with Crippen LogP contribution in [0.3, 0.4) is 0 Å². The van der Waals surface area contributed by atoms with E-state index in [4.69, 9.17) is 14.2 Å². The van der Waals surface area contributed by atoms with Crippen molar-refractivity contribution in [3.63, 3.8) is 0 Å². The van der Waals surface area contributed by atoms with E-state index in [0.29, 0.717) is 81.3 Å². The van der Waals surface area contributed by atoms with Gasteiger partial charge in [0.05, 0.1) is 31.3 Å². The number of alkyl halides is 6. The summed E-state index contributed by atoms with van der Waals surface area (Å²) in [4.78, 5) is 30.6. The summed E-state index contributed by atoms with van der Waals surface area (Å²) in [7, 11) is 3.12. The number of hydrogen-bond acceptors (Lipinski definition) is 6. The molecule has 1 N–H and O–H groups in total. The van der Waals surface area contributed by atoms with Crippen molar-refractivity contribution in [2.75, 3.05) is 53.6 Å². The smallest absolute Gasteiger partial charge is 0.416 e. The summed E-state index contributed by atoms with van der Waals surface area (Å²) in [5, 5.41) is 3.33. The van der Waals surface area contributed by atoms with Gasteiger partial charge in [-0.05, 0) is 80.5 Å². The molecule has 4 rings (SSSR count). The molecule has 1 saturated carbocycles. The summed E-state index contributed by atoms with van der Waals surface area (Å²) in [6.07, 6.45) is -8.52. The molecule has 1 heterocycles. The summed E-state index contributed by atoms with van der Waals surface area (Å²) in [6.45, 7) is 6.48. The molecular weight excluding hydrogens is 644 g/mol. The van der Waals surface area contributed by atoms with Gasteiger partial charge < -0.3 is 29.3 Å². The Kier molecular flexibility index (Phi) is 12.3. The van der Waals surface area contributed by atoms with Gasteiger partial charge in [0.15, 0.2) is 11.5 Å². The minimum atomic E-state index is -5.00. The number of benzene rings is 2. The van der Waals surface area contributed by atoms with Crippen molar-refractivity contribution in [3.8, 4) is 11.5 Å². The number of methoxy groups -OCH3 is 2. The van der Waals surface area contributed by atoms with Gasteiger partial charge in [-0.15, -0.1) is 0 Å². The number of hydrogen-bond donors (Lipinski definition) is 1. The molecule has 2 fully saturated rings. The normalized spacial score (nSPS) is 18.2. The lowest BCUT2D eigenvalue weighted by Crippen LogP contribution is -2.45. The first-order valence-corrected chi connectivity index (χ1v) is 16.0. The van der Waals surface area contributed by atoms with Gasteiger partial charge in [-0.3, -0.25) is 9.59 Å².